The number of benzene rings is 2. The largest absolute Gasteiger partial charge is 0.449 e. The Morgan fingerprint density at radius 2 is 1.71 bits per heavy atom. The lowest BCUT2D eigenvalue weighted by Crippen LogP contribution is -2.28. The van der Waals surface area contributed by atoms with E-state index in [-0.39, 0.29) is 10.7 Å². The Labute approximate surface area is 139 Å². The molecule has 1 atom stereocenters. The van der Waals surface area contributed by atoms with E-state index in [0.717, 1.165) is 5.56 Å². The maximum atomic E-state index is 12.8. The van der Waals surface area contributed by atoms with Crippen LogP contribution in [-0.2, 0) is 10.0 Å². The molecule has 0 saturated heterocycles. The first kappa shape index (κ1) is 16.2. The fourth-order valence-electron chi connectivity index (χ4n) is 2.55. The van der Waals surface area contributed by atoms with E-state index in [1.54, 1.807) is 31.2 Å². The number of fused-ring (bicyclic) bond motifs is 1. The van der Waals surface area contributed by atoms with Gasteiger partial charge in [0.25, 0.3) is 5.91 Å². The third-order valence-corrected chi connectivity index (χ3v) is 5.28. The van der Waals surface area contributed by atoms with E-state index >= 15 is 0 Å². The molecular weight excluding hydrogens is 328 g/mol. The van der Waals surface area contributed by atoms with E-state index in [1.807, 2.05) is 30.3 Å². The van der Waals surface area contributed by atoms with E-state index < -0.39 is 22.0 Å². The van der Waals surface area contributed by atoms with Gasteiger partial charge in [0, 0.05) is 11.4 Å². The highest BCUT2D eigenvalue weighted by atomic mass is 32.2. The van der Waals surface area contributed by atoms with Crippen LogP contribution in [0.3, 0.4) is 0 Å². The average molecular weight is 344 g/mol. The number of sulfonamides is 1. The normalized spacial score (nSPS) is 13.0. The predicted molar refractivity (Wildman–Crippen MR) is 89.9 cm³/mol. The van der Waals surface area contributed by atoms with Crippen LogP contribution < -0.4 is 10.5 Å². The van der Waals surface area contributed by atoms with Gasteiger partial charge >= 0.3 is 0 Å². The van der Waals surface area contributed by atoms with E-state index in [1.165, 1.54) is 0 Å². The van der Waals surface area contributed by atoms with E-state index in [4.69, 9.17) is 10.2 Å². The Balaban J connectivity index is 2.08. The second-order valence-electron chi connectivity index (χ2n) is 5.37. The highest BCUT2D eigenvalue weighted by molar-refractivity contribution is 7.89. The van der Waals surface area contributed by atoms with E-state index in [0.29, 0.717) is 11.0 Å². The van der Waals surface area contributed by atoms with Crippen molar-refractivity contribution in [2.45, 2.75) is 17.9 Å². The van der Waals surface area contributed by atoms with Gasteiger partial charge < -0.3 is 10.2 Å². The van der Waals surface area contributed by atoms with Crippen LogP contribution in [-0.4, -0.2) is 14.3 Å². The Morgan fingerprint density at radius 3 is 2.38 bits per heavy atom. The zero-order chi connectivity index (χ0) is 17.3. The molecule has 3 aromatic rings. The molecule has 0 bridgehead atoms. The summed E-state index contributed by atoms with van der Waals surface area (Å²) < 4.78 is 33.6. The molecule has 124 valence electrons. The van der Waals surface area contributed by atoms with Crippen molar-refractivity contribution in [2.75, 3.05) is 0 Å². The molecule has 1 heterocycles. The van der Waals surface area contributed by atoms with Crippen molar-refractivity contribution in [3.8, 4) is 0 Å². The standard InChI is InChI=1S/C17H16N2O4S/c1-11(12-7-3-2-4-8-12)19-24(21,22)16-13-9-5-6-10-14(13)23-15(16)17(18)20/h2-11,19H,1H3,(H2,18,20). The fourth-order valence-corrected chi connectivity index (χ4v) is 4.12. The Kier molecular flexibility index (Phi) is 4.13. The number of nitrogens with one attached hydrogen (secondary N) is 1. The molecule has 0 fully saturated rings. The number of nitrogens with two attached hydrogens (primary N) is 1. The van der Waals surface area contributed by atoms with Crippen molar-refractivity contribution < 1.29 is 17.6 Å². The predicted octanol–water partition coefficient (Wildman–Crippen LogP) is 2.57. The summed E-state index contributed by atoms with van der Waals surface area (Å²) in [5, 5.41) is 0.319. The summed E-state index contributed by atoms with van der Waals surface area (Å²) >= 11 is 0. The van der Waals surface area contributed by atoms with Crippen LogP contribution >= 0.6 is 0 Å². The summed E-state index contributed by atoms with van der Waals surface area (Å²) in [6.45, 7) is 1.72. The second kappa shape index (κ2) is 6.10. The fraction of sp³-hybridized carbons (Fsp3) is 0.118. The van der Waals surface area contributed by atoms with Gasteiger partial charge in [0.05, 0.1) is 0 Å². The molecule has 6 nitrogen and oxygen atoms in total. The summed E-state index contributed by atoms with van der Waals surface area (Å²) in [7, 11) is -4.01. The zero-order valence-electron chi connectivity index (χ0n) is 12.9. The van der Waals surface area contributed by atoms with Crippen molar-refractivity contribution in [1.82, 2.24) is 4.72 Å². The van der Waals surface area contributed by atoms with Crippen LogP contribution in [0.4, 0.5) is 0 Å². The topological polar surface area (TPSA) is 102 Å². The van der Waals surface area contributed by atoms with Crippen molar-refractivity contribution in [3.63, 3.8) is 0 Å². The molecule has 0 spiro atoms. The van der Waals surface area contributed by atoms with Gasteiger partial charge in [-0.15, -0.1) is 0 Å². The number of primary amides is 1. The quantitative estimate of drug-likeness (QED) is 0.742. The molecule has 1 amide bonds. The summed E-state index contributed by atoms with van der Waals surface area (Å²) in [5.41, 5.74) is 6.38. The molecule has 0 aliphatic heterocycles. The number of amides is 1. The number of hydrogen-bond acceptors (Lipinski definition) is 4. The van der Waals surface area contributed by atoms with Gasteiger partial charge in [0.1, 0.15) is 10.5 Å². The van der Waals surface area contributed by atoms with Crippen LogP contribution in [0.25, 0.3) is 11.0 Å². The Morgan fingerprint density at radius 1 is 1.08 bits per heavy atom. The lowest BCUT2D eigenvalue weighted by molar-refractivity contribution is 0.0971. The Bertz CT molecular complexity index is 994. The molecule has 0 radical (unpaired) electrons. The van der Waals surface area contributed by atoms with E-state index in [9.17, 15) is 13.2 Å². The molecule has 3 N–H and O–H groups in total. The van der Waals surface area contributed by atoms with Crippen molar-refractivity contribution >= 4 is 26.9 Å². The molecule has 0 aliphatic carbocycles. The SMILES string of the molecule is CC(NS(=O)(=O)c1c(C(N)=O)oc2ccccc12)c1ccccc1. The lowest BCUT2D eigenvalue weighted by Gasteiger charge is -2.14. The molecule has 2 aromatic carbocycles. The van der Waals surface area contributed by atoms with Crippen LogP contribution in [0.1, 0.15) is 29.1 Å². The number of hydrogen-bond donors (Lipinski definition) is 2. The van der Waals surface area contributed by atoms with Gasteiger partial charge in [-0.1, -0.05) is 42.5 Å². The molecule has 0 aliphatic rings. The molecule has 7 heteroatoms. The maximum Gasteiger partial charge on any atom is 0.285 e. The number of furan rings is 1. The van der Waals surface area contributed by atoms with Gasteiger partial charge in [-0.3, -0.25) is 4.79 Å². The van der Waals surface area contributed by atoms with Crippen LogP contribution in [0.15, 0.2) is 63.9 Å². The number of rotatable bonds is 5. The van der Waals surface area contributed by atoms with Crippen LogP contribution in [0.5, 0.6) is 0 Å². The first-order valence-corrected chi connectivity index (χ1v) is 8.77. The van der Waals surface area contributed by atoms with Crippen LogP contribution in [0.2, 0.25) is 0 Å². The summed E-state index contributed by atoms with van der Waals surface area (Å²) in [6, 6.07) is 15.2. The van der Waals surface area contributed by atoms with Gasteiger partial charge in [-0.25, -0.2) is 13.1 Å². The van der Waals surface area contributed by atoms with Gasteiger partial charge in [-0.05, 0) is 24.6 Å². The molecule has 1 unspecified atom stereocenters. The van der Waals surface area contributed by atoms with Crippen molar-refractivity contribution in [3.05, 3.63) is 65.9 Å². The third-order valence-electron chi connectivity index (χ3n) is 3.67. The monoisotopic (exact) mass is 344 g/mol. The van der Waals surface area contributed by atoms with E-state index in [2.05, 4.69) is 4.72 Å². The van der Waals surface area contributed by atoms with Gasteiger partial charge in [0.2, 0.25) is 15.8 Å². The highest BCUT2D eigenvalue weighted by Gasteiger charge is 2.30. The molecule has 1 aromatic heterocycles. The number of para-hydroxylation sites is 1. The summed E-state index contributed by atoms with van der Waals surface area (Å²) in [6.07, 6.45) is 0. The molecular formula is C17H16N2O4S. The summed E-state index contributed by atoms with van der Waals surface area (Å²) in [4.78, 5) is 11.4. The van der Waals surface area contributed by atoms with Crippen LogP contribution in [0, 0.1) is 0 Å². The average Bonchev–Trinajstić information content (AvgIpc) is 2.96. The molecule has 0 saturated carbocycles. The molecule has 24 heavy (non-hydrogen) atoms. The second-order valence-corrected chi connectivity index (χ2v) is 7.03. The number of carbonyl (C=O) groups excluding carboxylic acids is 1. The van der Waals surface area contributed by atoms with Crippen molar-refractivity contribution in [2.24, 2.45) is 5.73 Å². The number of carbonyl (C=O) groups is 1. The first-order chi connectivity index (χ1) is 11.4. The first-order valence-electron chi connectivity index (χ1n) is 7.29. The Hall–Kier alpha value is -2.64. The van der Waals surface area contributed by atoms with Crippen molar-refractivity contribution in [1.29, 1.82) is 0 Å². The smallest absolute Gasteiger partial charge is 0.285 e. The zero-order valence-corrected chi connectivity index (χ0v) is 13.7. The van der Waals surface area contributed by atoms with Gasteiger partial charge in [-0.2, -0.15) is 0 Å². The minimum Gasteiger partial charge on any atom is -0.449 e. The third kappa shape index (κ3) is 2.91. The van der Waals surface area contributed by atoms with Gasteiger partial charge in [0.15, 0.2) is 0 Å². The summed E-state index contributed by atoms with van der Waals surface area (Å²) in [5.74, 6) is -1.30. The maximum absolute atomic E-state index is 12.8. The minimum atomic E-state index is -4.01. The molecule has 3 rings (SSSR count). The highest BCUT2D eigenvalue weighted by Crippen LogP contribution is 2.30. The minimum absolute atomic E-state index is 0.228. The lowest BCUT2D eigenvalue weighted by atomic mass is 10.1.